The van der Waals surface area contributed by atoms with Gasteiger partial charge < -0.3 is 20.1 Å². The van der Waals surface area contributed by atoms with Gasteiger partial charge in [0.2, 0.25) is 5.95 Å². The number of piperidine rings is 1. The molecule has 1 unspecified atom stereocenters. The van der Waals surface area contributed by atoms with Crippen molar-refractivity contribution in [3.63, 3.8) is 0 Å². The van der Waals surface area contributed by atoms with Crippen LogP contribution in [0.25, 0.3) is 11.0 Å². The number of aliphatic hydroxyl groups is 1. The van der Waals surface area contributed by atoms with Crippen molar-refractivity contribution >= 4 is 40.1 Å². The third-order valence-electron chi connectivity index (χ3n) is 6.49. The highest BCUT2D eigenvalue weighted by molar-refractivity contribution is 6.32. The molecule has 2 aromatic heterocycles. The van der Waals surface area contributed by atoms with E-state index in [0.29, 0.717) is 35.9 Å². The second-order valence-electron chi connectivity index (χ2n) is 9.86. The van der Waals surface area contributed by atoms with Crippen molar-refractivity contribution < 1.29 is 18.6 Å². The summed E-state index contributed by atoms with van der Waals surface area (Å²) in [6, 6.07) is 5.43. The lowest BCUT2D eigenvalue weighted by Gasteiger charge is -2.38. The third-order valence-corrected chi connectivity index (χ3v) is 6.77. The Morgan fingerprint density at radius 3 is 2.78 bits per heavy atom. The van der Waals surface area contributed by atoms with Gasteiger partial charge in [0.05, 0.1) is 35.4 Å². The summed E-state index contributed by atoms with van der Waals surface area (Å²) in [7, 11) is 3.11. The Kier molecular flexibility index (Phi) is 7.27. The van der Waals surface area contributed by atoms with Crippen LogP contribution in [0, 0.1) is 5.92 Å². The molecule has 1 fully saturated rings. The van der Waals surface area contributed by atoms with Gasteiger partial charge in [0.1, 0.15) is 5.02 Å². The molecule has 3 heterocycles. The number of alkyl halides is 2. The number of benzene rings is 1. The zero-order valence-corrected chi connectivity index (χ0v) is 21.5. The summed E-state index contributed by atoms with van der Waals surface area (Å²) in [6.07, 6.45) is 1.52. The molecular weight excluding hydrogens is 494 g/mol. The lowest BCUT2D eigenvalue weighted by molar-refractivity contribution is -0.0934. The number of rotatable bonds is 8. The molecule has 3 aromatic rings. The van der Waals surface area contributed by atoms with E-state index in [1.807, 2.05) is 12.1 Å². The summed E-state index contributed by atoms with van der Waals surface area (Å²) in [6.45, 7) is 3.86. The number of aryl methyl sites for hydroxylation is 2. The Hall–Kier alpha value is -2.76. The van der Waals surface area contributed by atoms with Crippen molar-refractivity contribution in [3.8, 4) is 0 Å². The van der Waals surface area contributed by atoms with E-state index >= 15 is 0 Å². The normalized spacial score (nSPS) is 18.1. The van der Waals surface area contributed by atoms with E-state index in [1.165, 1.54) is 13.3 Å². The van der Waals surface area contributed by atoms with Gasteiger partial charge in [-0.25, -0.2) is 18.6 Å². The van der Waals surface area contributed by atoms with Gasteiger partial charge in [-0.3, -0.25) is 9.13 Å². The molecule has 2 N–H and O–H groups in total. The van der Waals surface area contributed by atoms with Crippen molar-refractivity contribution in [1.82, 2.24) is 19.1 Å². The number of nitrogens with one attached hydrogen (secondary N) is 1. The van der Waals surface area contributed by atoms with Crippen LogP contribution in [0.5, 0.6) is 0 Å². The summed E-state index contributed by atoms with van der Waals surface area (Å²) in [4.78, 5) is 23.3. The molecule has 1 atom stereocenters. The van der Waals surface area contributed by atoms with Gasteiger partial charge in [-0.15, -0.1) is 0 Å². The zero-order chi connectivity index (χ0) is 26.3. The van der Waals surface area contributed by atoms with Crippen molar-refractivity contribution in [2.24, 2.45) is 13.0 Å². The van der Waals surface area contributed by atoms with Crippen molar-refractivity contribution in [2.45, 2.75) is 44.8 Å². The number of methoxy groups -OCH3 is 1. The molecular formula is C24H31ClF2N6O3. The van der Waals surface area contributed by atoms with Gasteiger partial charge >= 0.3 is 5.69 Å². The standard InChI is InChI=1S/C24H31ClF2N6O3/c1-23(2,35)7-10-33-19-11-16(5-6-18(19)31(3)22(33)34)29-20-17(25)12-28-21(30-20)32-9-8-24(26,27)15(13-32)14-36-4/h5-6,11-12,15,35H,7-10,13-14H2,1-4H3,(H,28,29,30). The molecule has 1 aliphatic rings. The van der Waals surface area contributed by atoms with Crippen LogP contribution in [-0.2, 0) is 18.3 Å². The third kappa shape index (κ3) is 5.47. The van der Waals surface area contributed by atoms with Gasteiger partial charge in [-0.1, -0.05) is 11.6 Å². The number of imidazole rings is 1. The smallest absolute Gasteiger partial charge is 0.328 e. The quantitative estimate of drug-likeness (QED) is 0.462. The number of ether oxygens (including phenoxy) is 1. The van der Waals surface area contributed by atoms with E-state index in [1.54, 1.807) is 41.0 Å². The number of fused-ring (bicyclic) bond motifs is 1. The second-order valence-corrected chi connectivity index (χ2v) is 10.3. The topological polar surface area (TPSA) is 97.4 Å². The number of halogens is 3. The Morgan fingerprint density at radius 1 is 1.33 bits per heavy atom. The maximum Gasteiger partial charge on any atom is 0.328 e. The first-order chi connectivity index (χ1) is 16.9. The number of anilines is 3. The molecule has 1 saturated heterocycles. The Balaban J connectivity index is 1.61. The molecule has 1 aromatic carbocycles. The van der Waals surface area contributed by atoms with E-state index in [-0.39, 0.29) is 36.8 Å². The molecule has 0 saturated carbocycles. The zero-order valence-electron chi connectivity index (χ0n) is 20.8. The molecule has 4 rings (SSSR count). The highest BCUT2D eigenvalue weighted by atomic mass is 35.5. The van der Waals surface area contributed by atoms with Crippen LogP contribution in [-0.4, -0.2) is 62.5 Å². The maximum absolute atomic E-state index is 14.3. The largest absolute Gasteiger partial charge is 0.390 e. The average molecular weight is 525 g/mol. The van der Waals surface area contributed by atoms with Gasteiger partial charge in [0.15, 0.2) is 5.82 Å². The monoisotopic (exact) mass is 524 g/mol. The summed E-state index contributed by atoms with van der Waals surface area (Å²) in [5, 5.41) is 13.6. The summed E-state index contributed by atoms with van der Waals surface area (Å²) >= 11 is 6.35. The molecule has 12 heteroatoms. The van der Waals surface area contributed by atoms with Gasteiger partial charge in [0.25, 0.3) is 5.92 Å². The number of nitrogens with zero attached hydrogens (tertiary/aromatic N) is 5. The fourth-order valence-electron chi connectivity index (χ4n) is 4.36. The predicted molar refractivity (Wildman–Crippen MR) is 136 cm³/mol. The molecule has 196 valence electrons. The van der Waals surface area contributed by atoms with Gasteiger partial charge in [-0.05, 0) is 38.5 Å². The molecule has 9 nitrogen and oxygen atoms in total. The molecule has 0 amide bonds. The van der Waals surface area contributed by atoms with Crippen LogP contribution in [0.3, 0.4) is 0 Å². The SMILES string of the molecule is COCC1CN(c2ncc(Cl)c(Nc3ccc4c(c3)n(CCC(C)(C)O)c(=O)n4C)n2)CCC1(F)F. The van der Waals surface area contributed by atoms with E-state index in [9.17, 15) is 18.7 Å². The number of hydrogen-bond acceptors (Lipinski definition) is 7. The fraction of sp³-hybridized carbons (Fsp3) is 0.542. The first kappa shape index (κ1) is 26.3. The molecule has 0 bridgehead atoms. The summed E-state index contributed by atoms with van der Waals surface area (Å²) < 4.78 is 36.7. The molecule has 0 radical (unpaired) electrons. The van der Waals surface area contributed by atoms with Crippen molar-refractivity contribution in [3.05, 3.63) is 39.9 Å². The van der Waals surface area contributed by atoms with Gasteiger partial charge in [-0.2, -0.15) is 4.98 Å². The molecule has 0 spiro atoms. The fourth-order valence-corrected chi connectivity index (χ4v) is 4.50. The number of hydrogen-bond donors (Lipinski definition) is 2. The number of aromatic nitrogens is 4. The van der Waals surface area contributed by atoms with Crippen LogP contribution in [0.4, 0.5) is 26.2 Å². The van der Waals surface area contributed by atoms with Crippen molar-refractivity contribution in [2.75, 3.05) is 37.0 Å². The van der Waals surface area contributed by atoms with Crippen LogP contribution in [0.2, 0.25) is 5.02 Å². The first-order valence-electron chi connectivity index (χ1n) is 11.7. The molecule has 0 aliphatic carbocycles. The highest BCUT2D eigenvalue weighted by Crippen LogP contribution is 2.35. The molecule has 1 aliphatic heterocycles. The second kappa shape index (κ2) is 9.95. The Morgan fingerprint density at radius 2 is 2.08 bits per heavy atom. The Bertz CT molecular complexity index is 1300. The summed E-state index contributed by atoms with van der Waals surface area (Å²) in [5.74, 6) is -3.16. The van der Waals surface area contributed by atoms with Crippen LogP contribution < -0.4 is 15.9 Å². The van der Waals surface area contributed by atoms with E-state index in [0.717, 1.165) is 5.52 Å². The van der Waals surface area contributed by atoms with Crippen LogP contribution >= 0.6 is 11.6 Å². The van der Waals surface area contributed by atoms with E-state index in [4.69, 9.17) is 16.3 Å². The molecule has 36 heavy (non-hydrogen) atoms. The Labute approximate surface area is 212 Å². The lowest BCUT2D eigenvalue weighted by atomic mass is 9.94. The maximum atomic E-state index is 14.3. The highest BCUT2D eigenvalue weighted by Gasteiger charge is 2.44. The average Bonchev–Trinajstić information content (AvgIpc) is 3.04. The minimum atomic E-state index is -2.81. The van der Waals surface area contributed by atoms with Crippen molar-refractivity contribution in [1.29, 1.82) is 0 Å². The minimum Gasteiger partial charge on any atom is -0.390 e. The summed E-state index contributed by atoms with van der Waals surface area (Å²) in [5.41, 5.74) is 0.987. The lowest BCUT2D eigenvalue weighted by Crippen LogP contribution is -2.49. The van der Waals surface area contributed by atoms with Crippen LogP contribution in [0.1, 0.15) is 26.7 Å². The minimum absolute atomic E-state index is 0.0609. The van der Waals surface area contributed by atoms with Gasteiger partial charge in [0, 0.05) is 45.9 Å². The predicted octanol–water partition coefficient (Wildman–Crippen LogP) is 3.80. The van der Waals surface area contributed by atoms with E-state index < -0.39 is 17.4 Å². The first-order valence-corrected chi connectivity index (χ1v) is 12.1. The van der Waals surface area contributed by atoms with E-state index in [2.05, 4.69) is 15.3 Å². The van der Waals surface area contributed by atoms with Crippen LogP contribution in [0.15, 0.2) is 29.2 Å².